The monoisotopic (exact) mass is 354 g/mol. The third kappa shape index (κ3) is 4.25. The number of fused-ring (bicyclic) bond motifs is 1. The molecule has 2 amide bonds. The summed E-state index contributed by atoms with van der Waals surface area (Å²) in [4.78, 5) is 36.1. The number of aliphatic carboxylic acids is 1. The predicted octanol–water partition coefficient (Wildman–Crippen LogP) is 2.79. The predicted molar refractivity (Wildman–Crippen MR) is 90.8 cm³/mol. The minimum atomic E-state index is -0.909. The Labute approximate surface area is 144 Å². The summed E-state index contributed by atoms with van der Waals surface area (Å²) in [6.45, 7) is 3.51. The summed E-state index contributed by atoms with van der Waals surface area (Å²) in [6.07, 6.45) is 2.98. The number of amides is 2. The van der Waals surface area contributed by atoms with Crippen LogP contribution in [0.2, 0.25) is 0 Å². The molecule has 0 unspecified atom stereocenters. The average Bonchev–Trinajstić information content (AvgIpc) is 3.04. The van der Waals surface area contributed by atoms with Crippen LogP contribution in [0.4, 0.5) is 9.80 Å². The smallest absolute Gasteiger partial charge is 0.341 e. The number of methoxy groups -OCH3 is 1. The summed E-state index contributed by atoms with van der Waals surface area (Å²) in [5, 5.41) is 14.7. The molecule has 1 aromatic rings. The number of hydrogen-bond acceptors (Lipinski definition) is 5. The Bertz CT molecular complexity index is 666. The van der Waals surface area contributed by atoms with E-state index in [1.54, 1.807) is 13.8 Å². The molecule has 0 saturated carbocycles. The highest BCUT2D eigenvalue weighted by molar-refractivity contribution is 7.17. The standard InChI is InChI=1S/C16H22N2O5S/c1-16(2,8-7-11(19)20)18-15(22)17-13-12(14(21)23-3)9-5-4-6-10(9)24-13/h4-8H2,1-3H3,(H,19,20)(H2,17,18,22). The number of urea groups is 1. The Kier molecular flexibility index (Phi) is 5.48. The first-order valence-corrected chi connectivity index (χ1v) is 8.59. The summed E-state index contributed by atoms with van der Waals surface area (Å²) >= 11 is 1.40. The molecule has 0 atom stereocenters. The number of hydrogen-bond donors (Lipinski definition) is 3. The first-order valence-electron chi connectivity index (χ1n) is 7.77. The highest BCUT2D eigenvalue weighted by Gasteiger charge is 2.29. The molecule has 0 saturated heterocycles. The van der Waals surface area contributed by atoms with E-state index in [4.69, 9.17) is 9.84 Å². The van der Waals surface area contributed by atoms with Gasteiger partial charge in [0.1, 0.15) is 5.00 Å². The fraction of sp³-hybridized carbons (Fsp3) is 0.562. The van der Waals surface area contributed by atoms with Crippen LogP contribution in [-0.2, 0) is 22.4 Å². The van der Waals surface area contributed by atoms with E-state index in [-0.39, 0.29) is 6.42 Å². The van der Waals surface area contributed by atoms with Crippen molar-refractivity contribution in [3.63, 3.8) is 0 Å². The van der Waals surface area contributed by atoms with Gasteiger partial charge < -0.3 is 15.2 Å². The zero-order valence-corrected chi connectivity index (χ0v) is 14.8. The topological polar surface area (TPSA) is 105 Å². The summed E-state index contributed by atoms with van der Waals surface area (Å²) in [6, 6.07) is -0.463. The number of aryl methyl sites for hydroxylation is 1. The van der Waals surface area contributed by atoms with Gasteiger partial charge in [-0.3, -0.25) is 10.1 Å². The molecule has 0 spiro atoms. The summed E-state index contributed by atoms with van der Waals surface area (Å²) in [7, 11) is 1.32. The first-order chi connectivity index (χ1) is 11.2. The maximum absolute atomic E-state index is 12.2. The van der Waals surface area contributed by atoms with Gasteiger partial charge in [0.2, 0.25) is 0 Å². The molecule has 7 nitrogen and oxygen atoms in total. The van der Waals surface area contributed by atoms with Crippen LogP contribution < -0.4 is 10.6 Å². The molecule has 0 aliphatic heterocycles. The van der Waals surface area contributed by atoms with Gasteiger partial charge in [0.25, 0.3) is 0 Å². The molecule has 0 aromatic carbocycles. The van der Waals surface area contributed by atoms with E-state index in [1.165, 1.54) is 18.4 Å². The van der Waals surface area contributed by atoms with Crippen LogP contribution in [0.15, 0.2) is 0 Å². The number of carboxylic acid groups (broad SMARTS) is 1. The maximum atomic E-state index is 12.2. The lowest BCUT2D eigenvalue weighted by Gasteiger charge is -2.25. The van der Waals surface area contributed by atoms with Crippen molar-refractivity contribution < 1.29 is 24.2 Å². The van der Waals surface area contributed by atoms with Crippen molar-refractivity contribution in [3.05, 3.63) is 16.0 Å². The molecular weight excluding hydrogens is 332 g/mol. The third-order valence-corrected chi connectivity index (χ3v) is 5.16. The zero-order valence-electron chi connectivity index (χ0n) is 14.0. The van der Waals surface area contributed by atoms with Gasteiger partial charge >= 0.3 is 18.0 Å². The second-order valence-corrected chi connectivity index (χ2v) is 7.51. The van der Waals surface area contributed by atoms with E-state index < -0.39 is 23.5 Å². The molecule has 0 fully saturated rings. The number of carbonyl (C=O) groups excluding carboxylic acids is 2. The average molecular weight is 354 g/mol. The van der Waals surface area contributed by atoms with Crippen molar-refractivity contribution >= 4 is 34.3 Å². The lowest BCUT2D eigenvalue weighted by molar-refractivity contribution is -0.137. The van der Waals surface area contributed by atoms with Crippen molar-refractivity contribution in [3.8, 4) is 0 Å². The number of nitrogens with one attached hydrogen (secondary N) is 2. The number of esters is 1. The Hall–Kier alpha value is -2.09. The van der Waals surface area contributed by atoms with Gasteiger partial charge in [0.15, 0.2) is 0 Å². The van der Waals surface area contributed by atoms with Crippen LogP contribution in [0.3, 0.4) is 0 Å². The van der Waals surface area contributed by atoms with E-state index >= 15 is 0 Å². The molecular formula is C16H22N2O5S. The number of carbonyl (C=O) groups is 3. The first kappa shape index (κ1) is 18.3. The van der Waals surface area contributed by atoms with Crippen molar-refractivity contribution in [1.29, 1.82) is 0 Å². The van der Waals surface area contributed by atoms with E-state index in [1.807, 2.05) is 0 Å². The Morgan fingerprint density at radius 2 is 2.00 bits per heavy atom. The molecule has 8 heteroatoms. The summed E-state index contributed by atoms with van der Waals surface area (Å²) < 4.78 is 4.84. The summed E-state index contributed by atoms with van der Waals surface area (Å²) in [5.74, 6) is -1.36. The van der Waals surface area contributed by atoms with Crippen LogP contribution in [0.25, 0.3) is 0 Å². The highest BCUT2D eigenvalue weighted by Crippen LogP contribution is 2.39. The van der Waals surface area contributed by atoms with E-state index in [0.717, 1.165) is 29.7 Å². The largest absolute Gasteiger partial charge is 0.481 e. The molecule has 1 aromatic heterocycles. The molecule has 1 aliphatic rings. The number of rotatable bonds is 6. The summed E-state index contributed by atoms with van der Waals surface area (Å²) in [5.41, 5.74) is 0.731. The molecule has 0 bridgehead atoms. The van der Waals surface area contributed by atoms with Crippen molar-refractivity contribution in [2.75, 3.05) is 12.4 Å². The van der Waals surface area contributed by atoms with Gasteiger partial charge in [0, 0.05) is 16.8 Å². The molecule has 0 radical (unpaired) electrons. The van der Waals surface area contributed by atoms with Crippen LogP contribution in [0, 0.1) is 0 Å². The highest BCUT2D eigenvalue weighted by atomic mass is 32.1. The SMILES string of the molecule is COC(=O)c1c(NC(=O)NC(C)(C)CCC(=O)O)sc2c1CCC2. The Morgan fingerprint density at radius 3 is 2.62 bits per heavy atom. The van der Waals surface area contributed by atoms with Gasteiger partial charge in [0.05, 0.1) is 12.7 Å². The minimum absolute atomic E-state index is 0.0337. The van der Waals surface area contributed by atoms with Gasteiger partial charge in [-0.05, 0) is 45.1 Å². The molecule has 132 valence electrons. The van der Waals surface area contributed by atoms with Gasteiger partial charge in [-0.1, -0.05) is 0 Å². The normalized spacial score (nSPS) is 13.3. The van der Waals surface area contributed by atoms with Crippen molar-refractivity contribution in [2.45, 2.75) is 51.5 Å². The quantitative estimate of drug-likeness (QED) is 0.681. The maximum Gasteiger partial charge on any atom is 0.341 e. The fourth-order valence-electron chi connectivity index (χ4n) is 2.73. The van der Waals surface area contributed by atoms with Crippen molar-refractivity contribution in [2.24, 2.45) is 0 Å². The number of anilines is 1. The minimum Gasteiger partial charge on any atom is -0.481 e. The van der Waals surface area contributed by atoms with E-state index in [2.05, 4.69) is 10.6 Å². The Balaban J connectivity index is 2.09. The van der Waals surface area contributed by atoms with Crippen molar-refractivity contribution in [1.82, 2.24) is 5.32 Å². The second-order valence-electron chi connectivity index (χ2n) is 6.41. The van der Waals surface area contributed by atoms with E-state index in [0.29, 0.717) is 17.0 Å². The van der Waals surface area contributed by atoms with Gasteiger partial charge in [-0.2, -0.15) is 0 Å². The molecule has 1 heterocycles. The number of carboxylic acids is 1. The van der Waals surface area contributed by atoms with Crippen LogP contribution in [0.5, 0.6) is 0 Å². The van der Waals surface area contributed by atoms with Crippen LogP contribution >= 0.6 is 11.3 Å². The van der Waals surface area contributed by atoms with Gasteiger partial charge in [-0.15, -0.1) is 11.3 Å². The molecule has 2 rings (SSSR count). The molecule has 3 N–H and O–H groups in total. The molecule has 24 heavy (non-hydrogen) atoms. The lowest BCUT2D eigenvalue weighted by Crippen LogP contribution is -2.45. The number of thiophene rings is 1. The van der Waals surface area contributed by atoms with Crippen LogP contribution in [0.1, 0.15) is 53.9 Å². The third-order valence-electron chi connectivity index (χ3n) is 3.95. The van der Waals surface area contributed by atoms with Crippen LogP contribution in [-0.4, -0.2) is 35.7 Å². The Morgan fingerprint density at radius 1 is 1.29 bits per heavy atom. The van der Waals surface area contributed by atoms with Gasteiger partial charge in [-0.25, -0.2) is 9.59 Å². The lowest BCUT2D eigenvalue weighted by atomic mass is 9.99. The molecule has 1 aliphatic carbocycles. The second kappa shape index (κ2) is 7.21. The fourth-order valence-corrected chi connectivity index (χ4v) is 4.01. The van der Waals surface area contributed by atoms with E-state index in [9.17, 15) is 14.4 Å². The number of ether oxygens (including phenoxy) is 1. The zero-order chi connectivity index (χ0) is 17.9.